The van der Waals surface area contributed by atoms with E-state index in [1.54, 1.807) is 18.2 Å². The number of benzene rings is 1. The van der Waals surface area contributed by atoms with E-state index in [9.17, 15) is 14.7 Å². The van der Waals surface area contributed by atoms with Gasteiger partial charge in [0.05, 0.1) is 13.0 Å². The number of amides is 2. The summed E-state index contributed by atoms with van der Waals surface area (Å²) in [4.78, 5) is 25.1. The molecule has 1 aliphatic rings. The second-order valence-electron chi connectivity index (χ2n) is 5.19. The summed E-state index contributed by atoms with van der Waals surface area (Å²) in [5.74, 6) is -1.06. The highest BCUT2D eigenvalue weighted by Crippen LogP contribution is 2.27. The van der Waals surface area contributed by atoms with Gasteiger partial charge in [0.1, 0.15) is 0 Å². The summed E-state index contributed by atoms with van der Waals surface area (Å²) in [6.45, 7) is 0.375. The number of piperidine rings is 1. The van der Waals surface area contributed by atoms with Crippen LogP contribution in [0.4, 0.5) is 0 Å². The standard InChI is InChI=1S/C14H16Cl2N2O3/c15-10-3-1-4-11(16)9(10)7-12(19)18-6-2-5-14(21,8-18)13(17)20/h1,3-4,21H,2,5-8H2,(H2,17,20)/t14-/m1/s1. The summed E-state index contributed by atoms with van der Waals surface area (Å²) < 4.78 is 0. The summed E-state index contributed by atoms with van der Waals surface area (Å²) in [6, 6.07) is 5.02. The molecule has 5 nitrogen and oxygen atoms in total. The lowest BCUT2D eigenvalue weighted by Crippen LogP contribution is -2.57. The minimum atomic E-state index is -1.65. The number of hydrogen-bond acceptors (Lipinski definition) is 3. The van der Waals surface area contributed by atoms with Crippen LogP contribution in [0.5, 0.6) is 0 Å². The van der Waals surface area contributed by atoms with Crippen LogP contribution < -0.4 is 5.73 Å². The third-order valence-electron chi connectivity index (χ3n) is 3.67. The Hall–Kier alpha value is -1.30. The van der Waals surface area contributed by atoms with E-state index < -0.39 is 11.5 Å². The Bertz CT molecular complexity index is 559. The zero-order valence-electron chi connectivity index (χ0n) is 11.3. The first kappa shape index (κ1) is 16.1. The molecule has 114 valence electrons. The number of likely N-dealkylation sites (tertiary alicyclic amines) is 1. The van der Waals surface area contributed by atoms with Gasteiger partial charge in [-0.15, -0.1) is 0 Å². The first-order chi connectivity index (χ1) is 9.83. The molecule has 0 aliphatic carbocycles. The van der Waals surface area contributed by atoms with Crippen LogP contribution in [0.15, 0.2) is 18.2 Å². The molecule has 2 rings (SSSR count). The van der Waals surface area contributed by atoms with Crippen molar-refractivity contribution >= 4 is 35.0 Å². The van der Waals surface area contributed by atoms with Gasteiger partial charge in [-0.3, -0.25) is 9.59 Å². The van der Waals surface area contributed by atoms with E-state index in [-0.39, 0.29) is 25.3 Å². The van der Waals surface area contributed by atoms with Crippen molar-refractivity contribution in [3.05, 3.63) is 33.8 Å². The summed E-state index contributed by atoms with van der Waals surface area (Å²) >= 11 is 12.1. The second-order valence-corrected chi connectivity index (χ2v) is 6.01. The molecule has 21 heavy (non-hydrogen) atoms. The molecule has 1 fully saturated rings. The predicted octanol–water partition coefficient (Wildman–Crippen LogP) is 1.37. The van der Waals surface area contributed by atoms with Gasteiger partial charge in [0.25, 0.3) is 5.91 Å². The quantitative estimate of drug-likeness (QED) is 0.878. The first-order valence-corrected chi connectivity index (χ1v) is 7.32. The fourth-order valence-electron chi connectivity index (χ4n) is 2.41. The van der Waals surface area contributed by atoms with Crippen molar-refractivity contribution in [1.82, 2.24) is 4.90 Å². The summed E-state index contributed by atoms with van der Waals surface area (Å²) in [7, 11) is 0. The van der Waals surface area contributed by atoms with Crippen molar-refractivity contribution < 1.29 is 14.7 Å². The largest absolute Gasteiger partial charge is 0.378 e. The Morgan fingerprint density at radius 2 is 1.95 bits per heavy atom. The van der Waals surface area contributed by atoms with Crippen molar-refractivity contribution in [1.29, 1.82) is 0 Å². The van der Waals surface area contributed by atoms with Gasteiger partial charge in [-0.1, -0.05) is 29.3 Å². The number of carbonyl (C=O) groups excluding carboxylic acids is 2. The minimum Gasteiger partial charge on any atom is -0.378 e. The molecule has 7 heteroatoms. The van der Waals surface area contributed by atoms with E-state index in [4.69, 9.17) is 28.9 Å². The maximum absolute atomic E-state index is 12.3. The maximum Gasteiger partial charge on any atom is 0.251 e. The Morgan fingerprint density at radius 1 is 1.33 bits per heavy atom. The fourth-order valence-corrected chi connectivity index (χ4v) is 2.95. The van der Waals surface area contributed by atoms with Crippen molar-refractivity contribution in [2.75, 3.05) is 13.1 Å². The van der Waals surface area contributed by atoms with Gasteiger partial charge >= 0.3 is 0 Å². The second kappa shape index (κ2) is 6.22. The van der Waals surface area contributed by atoms with Gasteiger partial charge in [-0.2, -0.15) is 0 Å². The summed E-state index contributed by atoms with van der Waals surface area (Å²) in [5.41, 5.74) is 4.08. The number of carbonyl (C=O) groups is 2. The molecule has 1 heterocycles. The number of halogens is 2. The number of rotatable bonds is 3. The molecular weight excluding hydrogens is 315 g/mol. The number of nitrogens with zero attached hydrogens (tertiary/aromatic N) is 1. The van der Waals surface area contributed by atoms with E-state index in [0.717, 1.165) is 0 Å². The molecule has 0 bridgehead atoms. The van der Waals surface area contributed by atoms with Gasteiger partial charge in [-0.25, -0.2) is 0 Å². The van der Waals surface area contributed by atoms with Gasteiger partial charge in [0.2, 0.25) is 5.91 Å². The predicted molar refractivity (Wildman–Crippen MR) is 80.1 cm³/mol. The SMILES string of the molecule is NC(=O)[C@@]1(O)CCCN(C(=O)Cc2c(Cl)cccc2Cl)C1. The average molecular weight is 331 g/mol. The molecule has 2 amide bonds. The third-order valence-corrected chi connectivity index (χ3v) is 4.38. The lowest BCUT2D eigenvalue weighted by Gasteiger charge is -2.37. The Balaban J connectivity index is 2.12. The number of primary amides is 1. The Morgan fingerprint density at radius 3 is 2.52 bits per heavy atom. The molecule has 0 saturated carbocycles. The zero-order chi connectivity index (χ0) is 15.6. The molecule has 0 radical (unpaired) electrons. The van der Waals surface area contributed by atoms with Crippen LogP contribution in [0.1, 0.15) is 18.4 Å². The minimum absolute atomic E-state index is 0.0212. The van der Waals surface area contributed by atoms with E-state index >= 15 is 0 Å². The molecule has 1 aromatic rings. The van der Waals surface area contributed by atoms with Crippen LogP contribution in [0, 0.1) is 0 Å². The lowest BCUT2D eigenvalue weighted by atomic mass is 9.92. The van der Waals surface area contributed by atoms with E-state index in [0.29, 0.717) is 28.6 Å². The topological polar surface area (TPSA) is 83.6 Å². The molecule has 3 N–H and O–H groups in total. The van der Waals surface area contributed by atoms with Crippen LogP contribution in [0.2, 0.25) is 10.0 Å². The van der Waals surface area contributed by atoms with Crippen LogP contribution in [-0.4, -0.2) is 40.5 Å². The van der Waals surface area contributed by atoms with Crippen LogP contribution >= 0.6 is 23.2 Å². The molecule has 0 spiro atoms. The Kier molecular flexibility index (Phi) is 4.76. The van der Waals surface area contributed by atoms with E-state index in [1.165, 1.54) is 4.90 Å². The van der Waals surface area contributed by atoms with Gasteiger partial charge < -0.3 is 15.7 Å². The highest BCUT2D eigenvalue weighted by atomic mass is 35.5. The molecule has 1 atom stereocenters. The fraction of sp³-hybridized carbons (Fsp3) is 0.429. The molecule has 0 unspecified atom stereocenters. The highest BCUT2D eigenvalue weighted by Gasteiger charge is 2.40. The van der Waals surface area contributed by atoms with Crippen molar-refractivity contribution in [3.63, 3.8) is 0 Å². The number of nitrogens with two attached hydrogens (primary N) is 1. The van der Waals surface area contributed by atoms with Crippen LogP contribution in [0.25, 0.3) is 0 Å². The smallest absolute Gasteiger partial charge is 0.251 e. The average Bonchev–Trinajstić information content (AvgIpc) is 2.43. The maximum atomic E-state index is 12.3. The molecule has 1 aromatic carbocycles. The first-order valence-electron chi connectivity index (χ1n) is 6.56. The van der Waals surface area contributed by atoms with Gasteiger partial charge in [0.15, 0.2) is 5.60 Å². The van der Waals surface area contributed by atoms with E-state index in [1.807, 2.05) is 0 Å². The van der Waals surface area contributed by atoms with E-state index in [2.05, 4.69) is 0 Å². The molecule has 0 aromatic heterocycles. The zero-order valence-corrected chi connectivity index (χ0v) is 12.8. The van der Waals surface area contributed by atoms with Gasteiger partial charge in [-0.05, 0) is 30.5 Å². The highest BCUT2D eigenvalue weighted by molar-refractivity contribution is 6.36. The number of β-amino-alcohol motifs (C(OH)–C–C–N with tert-alkyl or cyclic N) is 1. The van der Waals surface area contributed by atoms with Crippen molar-refractivity contribution in [3.8, 4) is 0 Å². The molecule has 1 aliphatic heterocycles. The molecule has 1 saturated heterocycles. The monoisotopic (exact) mass is 330 g/mol. The van der Waals surface area contributed by atoms with Crippen LogP contribution in [0.3, 0.4) is 0 Å². The normalized spacial score (nSPS) is 22.1. The number of aliphatic hydroxyl groups is 1. The summed E-state index contributed by atoms with van der Waals surface area (Å²) in [5, 5.41) is 11.0. The number of hydrogen-bond donors (Lipinski definition) is 2. The van der Waals surface area contributed by atoms with Crippen molar-refractivity contribution in [2.24, 2.45) is 5.73 Å². The lowest BCUT2D eigenvalue weighted by molar-refractivity contribution is -0.148. The molecular formula is C14H16Cl2N2O3. The Labute approximate surface area is 132 Å². The van der Waals surface area contributed by atoms with Crippen molar-refractivity contribution in [2.45, 2.75) is 24.9 Å². The summed E-state index contributed by atoms with van der Waals surface area (Å²) in [6.07, 6.45) is 0.799. The van der Waals surface area contributed by atoms with Crippen LogP contribution in [-0.2, 0) is 16.0 Å². The third kappa shape index (κ3) is 3.48. The van der Waals surface area contributed by atoms with Gasteiger partial charge in [0, 0.05) is 16.6 Å².